The topological polar surface area (TPSA) is 200 Å². The third-order valence-electron chi connectivity index (χ3n) is 9.87. The summed E-state index contributed by atoms with van der Waals surface area (Å²) in [6, 6.07) is 14.0. The van der Waals surface area contributed by atoms with E-state index in [0.717, 1.165) is 5.56 Å². The minimum Gasteiger partial charge on any atom is -0.396 e. The Balaban J connectivity index is 1.20. The number of rotatable bonds is 10. The van der Waals surface area contributed by atoms with Crippen molar-refractivity contribution in [3.8, 4) is 0 Å². The van der Waals surface area contributed by atoms with Gasteiger partial charge >= 0.3 is 0 Å². The molecule has 6 rings (SSSR count). The van der Waals surface area contributed by atoms with Gasteiger partial charge in [0.2, 0.25) is 8.41 Å². The molecule has 3 aliphatic rings. The smallest absolute Gasteiger partial charge is 0.264 e. The van der Waals surface area contributed by atoms with E-state index in [1.807, 2.05) is 31.2 Å². The molecule has 16 heteroatoms. The lowest BCUT2D eigenvalue weighted by molar-refractivity contribution is -0.274. The average Bonchev–Trinajstić information content (AvgIpc) is 3.71. The molecule has 9 atom stereocenters. The minimum atomic E-state index is -3.36. The first kappa shape index (κ1) is 35.2. The van der Waals surface area contributed by atoms with Crippen molar-refractivity contribution in [2.75, 3.05) is 16.8 Å². The summed E-state index contributed by atoms with van der Waals surface area (Å²) in [5, 5.41) is 59.5. The molecular formula is C33H42FN5O9Si. The molecule has 4 heterocycles. The first-order valence-electron chi connectivity index (χ1n) is 16.3. The Labute approximate surface area is 283 Å². The molecule has 2 amide bonds. The second-order valence-corrected chi connectivity index (χ2v) is 17.3. The van der Waals surface area contributed by atoms with Crippen LogP contribution < -0.4 is 10.2 Å². The lowest BCUT2D eigenvalue weighted by atomic mass is 9.82. The molecule has 0 saturated carbocycles. The number of nitrogens with zero attached hydrogens (tertiary/aromatic N) is 4. The molecule has 14 nitrogen and oxygen atoms in total. The number of ether oxygens (including phenoxy) is 2. The number of halogens is 1. The number of para-hydroxylation sites is 1. The Kier molecular flexibility index (Phi) is 9.77. The summed E-state index contributed by atoms with van der Waals surface area (Å²) in [7, 11) is -3.36. The van der Waals surface area contributed by atoms with Crippen LogP contribution in [0.15, 0.2) is 54.7 Å². The van der Waals surface area contributed by atoms with E-state index in [1.54, 1.807) is 53.1 Å². The third-order valence-corrected chi connectivity index (χ3v) is 12.3. The van der Waals surface area contributed by atoms with E-state index in [4.69, 9.17) is 9.47 Å². The van der Waals surface area contributed by atoms with Gasteiger partial charge in [-0.15, -0.1) is 5.10 Å². The molecule has 2 aromatic carbocycles. The number of aliphatic hydroxyl groups is 5. The van der Waals surface area contributed by atoms with E-state index >= 15 is 4.11 Å². The van der Waals surface area contributed by atoms with Crippen molar-refractivity contribution < 1.29 is 48.7 Å². The van der Waals surface area contributed by atoms with Gasteiger partial charge in [0, 0.05) is 48.5 Å². The second kappa shape index (κ2) is 13.6. The van der Waals surface area contributed by atoms with Crippen LogP contribution >= 0.6 is 0 Å². The zero-order valence-electron chi connectivity index (χ0n) is 27.4. The molecule has 6 N–H and O–H groups in total. The van der Waals surface area contributed by atoms with Crippen LogP contribution in [-0.4, -0.2) is 104 Å². The Morgan fingerprint density at radius 3 is 2.47 bits per heavy atom. The molecule has 2 saturated heterocycles. The predicted molar refractivity (Wildman–Crippen MR) is 175 cm³/mol. The van der Waals surface area contributed by atoms with Gasteiger partial charge in [-0.2, -0.15) is 0 Å². The minimum absolute atomic E-state index is 0.0439. The molecule has 264 valence electrons. The van der Waals surface area contributed by atoms with Gasteiger partial charge in [0.05, 0.1) is 24.0 Å². The van der Waals surface area contributed by atoms with Crippen LogP contribution in [0, 0.1) is 5.92 Å². The van der Waals surface area contributed by atoms with Crippen molar-refractivity contribution in [1.82, 2.24) is 15.0 Å². The Hall–Kier alpha value is -3.61. The highest BCUT2D eigenvalue weighted by Crippen LogP contribution is 2.60. The Morgan fingerprint density at radius 2 is 1.78 bits per heavy atom. The number of hydrogen-bond donors (Lipinski definition) is 6. The number of hydrogen-bond acceptors (Lipinski definition) is 11. The molecule has 0 aliphatic carbocycles. The molecule has 3 aromatic rings. The fraction of sp³-hybridized carbons (Fsp3) is 0.515. The van der Waals surface area contributed by atoms with Crippen LogP contribution in [0.4, 0.5) is 15.5 Å². The van der Waals surface area contributed by atoms with Crippen molar-refractivity contribution in [2.24, 2.45) is 5.92 Å². The van der Waals surface area contributed by atoms with E-state index in [2.05, 4.69) is 15.6 Å². The molecule has 0 radical (unpaired) electrons. The lowest BCUT2D eigenvalue weighted by Crippen LogP contribution is -2.60. The van der Waals surface area contributed by atoms with Crippen LogP contribution in [0.5, 0.6) is 0 Å². The standard InChI is InChI=1S/C33H42FN5O9Si/c1-18-29(49(2,3)34)24(12-14-38-17-21(13-15-40)36-37-38)48-33(18)22-6-4-5-7-23(22)39(32(33)46)16-19-8-10-20(11-9-19)35-30(44)28-26(42)25(41)27(43)31(45)47-28/h4-11,17-18,24-29,31,40-43,45H,12-16H2,1-3H3,(H,35,44)/t18-,24+,25-,26-,27+,28-,29-,31+,33+/m0/s1. The summed E-state index contributed by atoms with van der Waals surface area (Å²) in [6.45, 7) is 5.73. The van der Waals surface area contributed by atoms with E-state index in [9.17, 15) is 35.1 Å². The third kappa shape index (κ3) is 6.43. The van der Waals surface area contributed by atoms with Gasteiger partial charge < -0.3 is 49.3 Å². The maximum absolute atomic E-state index is 16.1. The first-order chi connectivity index (χ1) is 23.3. The zero-order chi connectivity index (χ0) is 35.2. The SMILES string of the molecule is C[C@H]1[C@H]([Si](C)(C)F)[C@@H](CCn2cc(CCO)nn2)O[C@]12C(=O)N(Cc1ccc(NC(=O)[C@H]3O[C@@H](O)[C@H](O)[C@@H](O)[C@@H]3O)cc1)c1ccccc12. The van der Waals surface area contributed by atoms with E-state index in [-0.39, 0.29) is 19.1 Å². The second-order valence-electron chi connectivity index (χ2n) is 13.5. The van der Waals surface area contributed by atoms with Gasteiger partial charge in [-0.1, -0.05) is 42.5 Å². The maximum Gasteiger partial charge on any atom is 0.264 e. The number of benzene rings is 2. The molecule has 1 spiro atoms. The number of anilines is 2. The van der Waals surface area contributed by atoms with E-state index < -0.39 is 68.2 Å². The number of carbonyl (C=O) groups excluding carboxylic acids is 2. The molecule has 0 bridgehead atoms. The van der Waals surface area contributed by atoms with Crippen LogP contribution in [0.3, 0.4) is 0 Å². The van der Waals surface area contributed by atoms with E-state index in [1.165, 1.54) is 0 Å². The van der Waals surface area contributed by atoms with Gasteiger partial charge in [-0.25, -0.2) is 0 Å². The number of fused-ring (bicyclic) bond motifs is 2. The van der Waals surface area contributed by atoms with Crippen molar-refractivity contribution >= 4 is 31.6 Å². The van der Waals surface area contributed by atoms with Gasteiger partial charge in [-0.05, 0) is 43.3 Å². The van der Waals surface area contributed by atoms with Crippen molar-refractivity contribution in [3.05, 3.63) is 71.5 Å². The van der Waals surface area contributed by atoms with Crippen LogP contribution in [0.2, 0.25) is 18.6 Å². The van der Waals surface area contributed by atoms with Gasteiger partial charge in [0.1, 0.15) is 18.3 Å². The highest BCUT2D eigenvalue weighted by atomic mass is 28.4. The highest BCUT2D eigenvalue weighted by Gasteiger charge is 2.66. The highest BCUT2D eigenvalue weighted by molar-refractivity contribution is 6.72. The molecule has 49 heavy (non-hydrogen) atoms. The molecule has 3 aliphatic heterocycles. The fourth-order valence-corrected chi connectivity index (χ4v) is 10.1. The van der Waals surface area contributed by atoms with Crippen molar-refractivity contribution in [2.45, 2.75) is 93.9 Å². The normalized spacial score (nSPS) is 31.4. The molecule has 2 fully saturated rings. The van der Waals surface area contributed by atoms with Gasteiger partial charge in [-0.3, -0.25) is 14.3 Å². The summed E-state index contributed by atoms with van der Waals surface area (Å²) in [5.41, 5.74) is 1.20. The number of amides is 2. The predicted octanol–water partition coefficient (Wildman–Crippen LogP) is 0.963. The average molecular weight is 700 g/mol. The lowest BCUT2D eigenvalue weighted by Gasteiger charge is -2.37. The Morgan fingerprint density at radius 1 is 1.06 bits per heavy atom. The largest absolute Gasteiger partial charge is 0.396 e. The van der Waals surface area contributed by atoms with Crippen LogP contribution in [0.1, 0.15) is 30.2 Å². The zero-order valence-corrected chi connectivity index (χ0v) is 28.4. The van der Waals surface area contributed by atoms with Crippen LogP contribution in [0.25, 0.3) is 0 Å². The quantitative estimate of drug-likeness (QED) is 0.130. The van der Waals surface area contributed by atoms with Gasteiger partial charge in [0.15, 0.2) is 18.0 Å². The fourth-order valence-electron chi connectivity index (χ4n) is 7.53. The number of nitrogens with one attached hydrogen (secondary N) is 1. The summed E-state index contributed by atoms with van der Waals surface area (Å²) in [6.07, 6.45) is -6.78. The summed E-state index contributed by atoms with van der Waals surface area (Å²) < 4.78 is 29.5. The van der Waals surface area contributed by atoms with Crippen molar-refractivity contribution in [1.29, 1.82) is 0 Å². The van der Waals surface area contributed by atoms with E-state index in [0.29, 0.717) is 42.0 Å². The molecule has 0 unspecified atom stereocenters. The Bertz CT molecular complexity index is 1670. The van der Waals surface area contributed by atoms with Gasteiger partial charge in [0.25, 0.3) is 11.8 Å². The summed E-state index contributed by atoms with van der Waals surface area (Å²) in [5.74, 6) is -1.57. The van der Waals surface area contributed by atoms with Crippen LogP contribution in [-0.2, 0) is 44.2 Å². The first-order valence-corrected chi connectivity index (χ1v) is 19.3. The molecule has 1 aromatic heterocycles. The number of aryl methyl sites for hydroxylation is 1. The maximum atomic E-state index is 16.1. The number of carbonyl (C=O) groups is 2. The van der Waals surface area contributed by atoms with Crippen molar-refractivity contribution in [3.63, 3.8) is 0 Å². The molecular weight excluding hydrogens is 657 g/mol. The summed E-state index contributed by atoms with van der Waals surface area (Å²) in [4.78, 5) is 29.0. The number of aliphatic hydroxyl groups excluding tert-OH is 5. The summed E-state index contributed by atoms with van der Waals surface area (Å²) >= 11 is 0. The monoisotopic (exact) mass is 699 g/mol. The number of aromatic nitrogens is 3.